The third-order valence-electron chi connectivity index (χ3n) is 5.53. The average Bonchev–Trinajstić information content (AvgIpc) is 3.35. The van der Waals surface area contributed by atoms with E-state index in [1.165, 1.54) is 23.1 Å². The largest absolute Gasteiger partial charge is 0.507 e. The van der Waals surface area contributed by atoms with Gasteiger partial charge in [-0.15, -0.1) is 0 Å². The fraction of sp³-hybridized carbons (Fsp3) is 0.120. The zero-order valence-corrected chi connectivity index (χ0v) is 17.0. The molecule has 2 aliphatic heterocycles. The minimum atomic E-state index is -0.929. The van der Waals surface area contributed by atoms with Gasteiger partial charge in [0.15, 0.2) is 11.5 Å². The molecule has 1 atom stereocenters. The molecule has 3 aromatic rings. The number of nitrogens with zero attached hydrogens (tertiary/aromatic N) is 1. The standard InChI is InChI=1S/C25H18FNO5/c1-14-4-2-5-15(10-14)22-21(23(28)16-8-9-19-20(11-16)32-13-31-19)24(29)25(30)27(22)18-7-3-6-17(26)12-18/h2-12,22,28H,13H2,1H3/b23-21-. The molecule has 160 valence electrons. The van der Waals surface area contributed by atoms with Crippen molar-refractivity contribution in [3.05, 3.63) is 94.8 Å². The van der Waals surface area contributed by atoms with Gasteiger partial charge in [-0.25, -0.2) is 4.39 Å². The summed E-state index contributed by atoms with van der Waals surface area (Å²) in [4.78, 5) is 27.4. The molecule has 0 saturated carbocycles. The molecular formula is C25H18FNO5. The van der Waals surface area contributed by atoms with Crippen molar-refractivity contribution in [1.29, 1.82) is 0 Å². The van der Waals surface area contributed by atoms with E-state index in [1.54, 1.807) is 36.4 Å². The highest BCUT2D eigenvalue weighted by Crippen LogP contribution is 2.43. The molecule has 3 aromatic carbocycles. The van der Waals surface area contributed by atoms with E-state index in [1.807, 2.05) is 19.1 Å². The third-order valence-corrected chi connectivity index (χ3v) is 5.53. The topological polar surface area (TPSA) is 76.1 Å². The van der Waals surface area contributed by atoms with E-state index in [0.717, 1.165) is 5.56 Å². The van der Waals surface area contributed by atoms with Crippen molar-refractivity contribution in [2.24, 2.45) is 0 Å². The molecule has 0 bridgehead atoms. The van der Waals surface area contributed by atoms with Crippen molar-refractivity contribution in [2.75, 3.05) is 11.7 Å². The predicted octanol–water partition coefficient (Wildman–Crippen LogP) is 4.49. The first-order valence-corrected chi connectivity index (χ1v) is 9.97. The van der Waals surface area contributed by atoms with Crippen LogP contribution in [0.4, 0.5) is 10.1 Å². The molecule has 2 aliphatic rings. The van der Waals surface area contributed by atoms with Crippen LogP contribution in [0.25, 0.3) is 5.76 Å². The molecule has 1 saturated heterocycles. The van der Waals surface area contributed by atoms with E-state index in [4.69, 9.17) is 9.47 Å². The number of aryl methyl sites for hydroxylation is 1. The number of hydrogen-bond donors (Lipinski definition) is 1. The van der Waals surface area contributed by atoms with Gasteiger partial charge in [0.05, 0.1) is 11.6 Å². The molecule has 0 radical (unpaired) electrons. The summed E-state index contributed by atoms with van der Waals surface area (Å²) in [5.74, 6) is -1.62. The van der Waals surface area contributed by atoms with E-state index in [2.05, 4.69) is 0 Å². The maximum Gasteiger partial charge on any atom is 0.300 e. The average molecular weight is 431 g/mol. The highest BCUT2D eigenvalue weighted by atomic mass is 19.1. The molecule has 1 amide bonds. The number of Topliss-reactive ketones (excluding diaryl/α,β-unsaturated/α-hetero) is 1. The quantitative estimate of drug-likeness (QED) is 0.376. The van der Waals surface area contributed by atoms with Crippen LogP contribution in [0.15, 0.2) is 72.3 Å². The maximum absolute atomic E-state index is 14.0. The number of ether oxygens (including phenoxy) is 2. The first kappa shape index (κ1) is 19.8. The van der Waals surface area contributed by atoms with Crippen molar-refractivity contribution in [2.45, 2.75) is 13.0 Å². The third kappa shape index (κ3) is 3.19. The van der Waals surface area contributed by atoms with E-state index in [0.29, 0.717) is 22.6 Å². The van der Waals surface area contributed by atoms with Crippen molar-refractivity contribution >= 4 is 23.1 Å². The molecule has 0 aliphatic carbocycles. The molecule has 32 heavy (non-hydrogen) atoms. The number of benzene rings is 3. The van der Waals surface area contributed by atoms with Crippen molar-refractivity contribution in [1.82, 2.24) is 0 Å². The Hall–Kier alpha value is -4.13. The highest BCUT2D eigenvalue weighted by Gasteiger charge is 2.47. The van der Waals surface area contributed by atoms with Crippen molar-refractivity contribution in [3.8, 4) is 11.5 Å². The SMILES string of the molecule is Cc1cccc(C2/C(=C(/O)c3ccc4c(c3)OCO4)C(=O)C(=O)N2c2cccc(F)c2)c1. The molecule has 0 aromatic heterocycles. The molecule has 5 rings (SSSR count). The maximum atomic E-state index is 14.0. The van der Waals surface area contributed by atoms with Gasteiger partial charge in [-0.05, 0) is 48.9 Å². The Bertz CT molecular complexity index is 1300. The normalized spacial score (nSPS) is 18.9. The van der Waals surface area contributed by atoms with Crippen LogP contribution >= 0.6 is 0 Å². The fourth-order valence-electron chi connectivity index (χ4n) is 4.08. The van der Waals surface area contributed by atoms with Gasteiger partial charge < -0.3 is 14.6 Å². The summed E-state index contributed by atoms with van der Waals surface area (Å²) in [6, 6.07) is 16.6. The molecule has 1 unspecified atom stereocenters. The van der Waals surface area contributed by atoms with Crippen LogP contribution in [0.1, 0.15) is 22.7 Å². The lowest BCUT2D eigenvalue weighted by Gasteiger charge is -2.25. The second-order valence-corrected chi connectivity index (χ2v) is 7.63. The van der Waals surface area contributed by atoms with E-state index >= 15 is 0 Å². The zero-order valence-electron chi connectivity index (χ0n) is 17.0. The fourth-order valence-corrected chi connectivity index (χ4v) is 4.08. The number of carbonyl (C=O) groups excluding carboxylic acids is 2. The van der Waals surface area contributed by atoms with Gasteiger partial charge in [0.1, 0.15) is 11.6 Å². The van der Waals surface area contributed by atoms with Gasteiger partial charge in [0.25, 0.3) is 11.7 Å². The second-order valence-electron chi connectivity index (χ2n) is 7.63. The van der Waals surface area contributed by atoms with Gasteiger partial charge in [0, 0.05) is 11.3 Å². The Morgan fingerprint density at radius 3 is 2.56 bits per heavy atom. The van der Waals surface area contributed by atoms with Crippen molar-refractivity contribution < 1.29 is 28.6 Å². The van der Waals surface area contributed by atoms with Crippen LogP contribution < -0.4 is 14.4 Å². The Kier molecular flexibility index (Phi) is 4.66. The number of aliphatic hydroxyl groups is 1. The van der Waals surface area contributed by atoms with Gasteiger partial charge in [-0.1, -0.05) is 35.9 Å². The van der Waals surface area contributed by atoms with Crippen LogP contribution in [0.2, 0.25) is 0 Å². The smallest absolute Gasteiger partial charge is 0.300 e. The van der Waals surface area contributed by atoms with E-state index < -0.39 is 23.5 Å². The molecule has 1 fully saturated rings. The summed E-state index contributed by atoms with van der Waals surface area (Å²) in [7, 11) is 0. The molecule has 1 N–H and O–H groups in total. The summed E-state index contributed by atoms with van der Waals surface area (Å²) in [5, 5.41) is 11.2. The van der Waals surface area contributed by atoms with Crippen LogP contribution in [0.3, 0.4) is 0 Å². The summed E-state index contributed by atoms with van der Waals surface area (Å²) < 4.78 is 24.6. The minimum absolute atomic E-state index is 0.0623. The van der Waals surface area contributed by atoms with E-state index in [-0.39, 0.29) is 23.8 Å². The first-order chi connectivity index (χ1) is 15.4. The van der Waals surface area contributed by atoms with Crippen LogP contribution in [-0.4, -0.2) is 23.6 Å². The number of halogens is 1. The number of ketones is 1. The molecule has 0 spiro atoms. The van der Waals surface area contributed by atoms with Crippen LogP contribution in [0.5, 0.6) is 11.5 Å². The van der Waals surface area contributed by atoms with Crippen molar-refractivity contribution in [3.63, 3.8) is 0 Å². The summed E-state index contributed by atoms with van der Waals surface area (Å²) >= 11 is 0. The van der Waals surface area contributed by atoms with Gasteiger partial charge in [-0.2, -0.15) is 0 Å². The van der Waals surface area contributed by atoms with E-state index in [9.17, 15) is 19.1 Å². The van der Waals surface area contributed by atoms with Crippen LogP contribution in [0, 0.1) is 12.7 Å². The highest BCUT2D eigenvalue weighted by molar-refractivity contribution is 6.51. The first-order valence-electron chi connectivity index (χ1n) is 9.97. The Morgan fingerprint density at radius 1 is 1.00 bits per heavy atom. The summed E-state index contributed by atoms with van der Waals surface area (Å²) in [5.41, 5.74) is 1.99. The summed E-state index contributed by atoms with van der Waals surface area (Å²) in [6.07, 6.45) is 0. The number of anilines is 1. The molecule has 6 nitrogen and oxygen atoms in total. The number of amides is 1. The van der Waals surface area contributed by atoms with Gasteiger partial charge in [-0.3, -0.25) is 14.5 Å². The summed E-state index contributed by atoms with van der Waals surface area (Å²) in [6.45, 7) is 1.95. The molecule has 2 heterocycles. The molecular weight excluding hydrogens is 413 g/mol. The Morgan fingerprint density at radius 2 is 1.78 bits per heavy atom. The van der Waals surface area contributed by atoms with Gasteiger partial charge in [0.2, 0.25) is 6.79 Å². The van der Waals surface area contributed by atoms with Crippen LogP contribution in [-0.2, 0) is 9.59 Å². The number of aliphatic hydroxyl groups excluding tert-OH is 1. The lowest BCUT2D eigenvalue weighted by atomic mass is 9.94. The lowest BCUT2D eigenvalue weighted by Crippen LogP contribution is -2.29. The number of rotatable bonds is 3. The molecule has 7 heteroatoms. The Labute approximate surface area is 183 Å². The predicted molar refractivity (Wildman–Crippen MR) is 115 cm³/mol. The monoisotopic (exact) mass is 431 g/mol. The number of carbonyl (C=O) groups is 2. The number of hydrogen-bond acceptors (Lipinski definition) is 5. The Balaban J connectivity index is 1.72. The lowest BCUT2D eigenvalue weighted by molar-refractivity contribution is -0.132. The van der Waals surface area contributed by atoms with Gasteiger partial charge >= 0.3 is 0 Å². The second kappa shape index (κ2) is 7.53. The number of fused-ring (bicyclic) bond motifs is 1. The minimum Gasteiger partial charge on any atom is -0.507 e. The zero-order chi connectivity index (χ0) is 22.4.